The van der Waals surface area contributed by atoms with Crippen LogP contribution >= 0.6 is 11.6 Å². The summed E-state index contributed by atoms with van der Waals surface area (Å²) in [6.45, 7) is 0.815. The van der Waals surface area contributed by atoms with Crippen LogP contribution in [0, 0.1) is 5.82 Å². The van der Waals surface area contributed by atoms with Crippen LogP contribution in [-0.2, 0) is 11.3 Å². The molecule has 0 fully saturated rings. The summed E-state index contributed by atoms with van der Waals surface area (Å²) >= 11 is 5.69. The van der Waals surface area contributed by atoms with E-state index in [0.717, 1.165) is 0 Å². The zero-order chi connectivity index (χ0) is 19.1. The quantitative estimate of drug-likeness (QED) is 0.637. The largest absolute Gasteiger partial charge is 0.490 e. The molecule has 1 amide bonds. The highest BCUT2D eigenvalue weighted by Gasteiger charge is 2.09. The molecule has 27 heavy (non-hydrogen) atoms. The molecule has 0 unspecified atom stereocenters. The highest BCUT2D eigenvalue weighted by atomic mass is 35.5. The Hall–Kier alpha value is -3.06. The first kappa shape index (κ1) is 18.7. The average molecular weight is 390 g/mol. The zero-order valence-corrected chi connectivity index (χ0v) is 15.0. The van der Waals surface area contributed by atoms with E-state index in [2.05, 4.69) is 10.3 Å². The van der Waals surface area contributed by atoms with E-state index in [-0.39, 0.29) is 17.5 Å². The molecule has 0 saturated heterocycles. The molecule has 0 radical (unpaired) electrons. The van der Waals surface area contributed by atoms with Gasteiger partial charge in [-0.3, -0.25) is 4.79 Å². The van der Waals surface area contributed by atoms with E-state index in [1.54, 1.807) is 30.7 Å². The second-order valence-corrected chi connectivity index (χ2v) is 5.97. The zero-order valence-electron chi connectivity index (χ0n) is 14.3. The van der Waals surface area contributed by atoms with Crippen molar-refractivity contribution in [1.29, 1.82) is 0 Å². The first-order chi connectivity index (χ1) is 13.1. The van der Waals surface area contributed by atoms with Gasteiger partial charge in [-0.25, -0.2) is 9.37 Å². The molecular formula is C19H17ClFN3O3. The van der Waals surface area contributed by atoms with Crippen molar-refractivity contribution >= 4 is 23.2 Å². The van der Waals surface area contributed by atoms with Gasteiger partial charge in [0, 0.05) is 18.5 Å². The Morgan fingerprint density at radius 3 is 2.85 bits per heavy atom. The van der Waals surface area contributed by atoms with Crippen LogP contribution in [-0.4, -0.2) is 28.7 Å². The number of nitrogens with zero attached hydrogens (tertiary/aromatic N) is 2. The van der Waals surface area contributed by atoms with Crippen molar-refractivity contribution < 1.29 is 18.7 Å². The fourth-order valence-corrected chi connectivity index (χ4v) is 2.45. The van der Waals surface area contributed by atoms with Crippen molar-refractivity contribution in [1.82, 2.24) is 9.55 Å². The van der Waals surface area contributed by atoms with Gasteiger partial charge in [-0.15, -0.1) is 0 Å². The number of rotatable bonds is 8. The van der Waals surface area contributed by atoms with Crippen LogP contribution in [0.15, 0.2) is 61.2 Å². The van der Waals surface area contributed by atoms with Crippen LogP contribution in [0.2, 0.25) is 5.02 Å². The number of aromatic nitrogens is 2. The van der Waals surface area contributed by atoms with Gasteiger partial charge >= 0.3 is 0 Å². The highest BCUT2D eigenvalue weighted by Crippen LogP contribution is 2.24. The van der Waals surface area contributed by atoms with Gasteiger partial charge in [-0.2, -0.15) is 0 Å². The monoisotopic (exact) mass is 389 g/mol. The van der Waals surface area contributed by atoms with E-state index in [4.69, 9.17) is 21.1 Å². The third-order valence-corrected chi connectivity index (χ3v) is 3.88. The van der Waals surface area contributed by atoms with Crippen molar-refractivity contribution in [3.8, 4) is 11.5 Å². The predicted molar refractivity (Wildman–Crippen MR) is 99.7 cm³/mol. The Kier molecular flexibility index (Phi) is 6.27. The molecule has 0 saturated carbocycles. The Morgan fingerprint density at radius 2 is 2.07 bits per heavy atom. The van der Waals surface area contributed by atoms with Gasteiger partial charge in [0.1, 0.15) is 23.9 Å². The number of imidazole rings is 1. The van der Waals surface area contributed by atoms with Crippen molar-refractivity contribution in [2.45, 2.75) is 6.54 Å². The lowest BCUT2D eigenvalue weighted by Gasteiger charge is -2.13. The average Bonchev–Trinajstić information content (AvgIpc) is 3.18. The van der Waals surface area contributed by atoms with Crippen LogP contribution in [0.1, 0.15) is 0 Å². The second-order valence-electron chi connectivity index (χ2n) is 5.56. The maximum Gasteiger partial charge on any atom is 0.262 e. The number of hydrogen-bond acceptors (Lipinski definition) is 4. The molecule has 0 aliphatic heterocycles. The number of benzene rings is 2. The standard InChI is InChI=1S/C19H17ClFN3O3/c20-15-11-14(5-6-16(15)21)27-12-19(25)23-17-3-1-2-4-18(17)26-10-9-24-8-7-22-13-24/h1-8,11,13H,9-10,12H2,(H,23,25). The highest BCUT2D eigenvalue weighted by molar-refractivity contribution is 6.30. The van der Waals surface area contributed by atoms with E-state index < -0.39 is 5.82 Å². The number of para-hydroxylation sites is 2. The number of hydrogen-bond donors (Lipinski definition) is 1. The molecule has 2 aromatic carbocycles. The molecule has 1 heterocycles. The summed E-state index contributed by atoms with van der Waals surface area (Å²) in [4.78, 5) is 16.1. The number of carbonyl (C=O) groups excluding carboxylic acids is 1. The molecule has 0 aliphatic rings. The fraction of sp³-hybridized carbons (Fsp3) is 0.158. The number of anilines is 1. The van der Waals surface area contributed by atoms with E-state index in [1.807, 2.05) is 16.8 Å². The van der Waals surface area contributed by atoms with E-state index in [9.17, 15) is 9.18 Å². The third-order valence-electron chi connectivity index (χ3n) is 3.59. The van der Waals surface area contributed by atoms with Gasteiger partial charge in [0.05, 0.1) is 23.6 Å². The van der Waals surface area contributed by atoms with Crippen LogP contribution in [0.4, 0.5) is 10.1 Å². The van der Waals surface area contributed by atoms with Crippen molar-refractivity contribution in [2.75, 3.05) is 18.5 Å². The first-order valence-corrected chi connectivity index (χ1v) is 8.55. The van der Waals surface area contributed by atoms with E-state index in [0.29, 0.717) is 30.3 Å². The van der Waals surface area contributed by atoms with Crippen LogP contribution in [0.3, 0.4) is 0 Å². The summed E-state index contributed by atoms with van der Waals surface area (Å²) in [5, 5.41) is 2.67. The van der Waals surface area contributed by atoms with Gasteiger partial charge in [0.15, 0.2) is 6.61 Å². The van der Waals surface area contributed by atoms with Gasteiger partial charge in [-0.05, 0) is 24.3 Å². The van der Waals surface area contributed by atoms with Gasteiger partial charge in [0.25, 0.3) is 5.91 Å². The lowest BCUT2D eigenvalue weighted by atomic mass is 10.3. The minimum atomic E-state index is -0.546. The summed E-state index contributed by atoms with van der Waals surface area (Å²) in [6, 6.07) is 11.0. The van der Waals surface area contributed by atoms with E-state index >= 15 is 0 Å². The Balaban J connectivity index is 1.53. The predicted octanol–water partition coefficient (Wildman–Crippen LogP) is 3.77. The van der Waals surface area contributed by atoms with Crippen molar-refractivity contribution in [3.05, 3.63) is 72.0 Å². The number of carbonyl (C=O) groups is 1. The molecule has 6 nitrogen and oxygen atoms in total. The smallest absolute Gasteiger partial charge is 0.262 e. The van der Waals surface area contributed by atoms with Gasteiger partial charge in [0.2, 0.25) is 0 Å². The molecular weight excluding hydrogens is 373 g/mol. The number of nitrogens with one attached hydrogen (secondary N) is 1. The molecule has 8 heteroatoms. The topological polar surface area (TPSA) is 65.4 Å². The molecule has 0 bridgehead atoms. The van der Waals surface area contributed by atoms with Gasteiger partial charge < -0.3 is 19.4 Å². The lowest BCUT2D eigenvalue weighted by Crippen LogP contribution is -2.20. The Bertz CT molecular complexity index is 903. The summed E-state index contributed by atoms with van der Waals surface area (Å²) in [6.07, 6.45) is 5.24. The maximum atomic E-state index is 13.1. The SMILES string of the molecule is O=C(COc1ccc(F)c(Cl)c1)Nc1ccccc1OCCn1ccnc1. The van der Waals surface area contributed by atoms with Crippen molar-refractivity contribution in [2.24, 2.45) is 0 Å². The van der Waals surface area contributed by atoms with Crippen LogP contribution < -0.4 is 14.8 Å². The summed E-state index contributed by atoms with van der Waals surface area (Å²) in [5.74, 6) is -0.0615. The molecule has 0 aliphatic carbocycles. The normalized spacial score (nSPS) is 10.4. The number of halogens is 2. The second kappa shape index (κ2) is 9.05. The van der Waals surface area contributed by atoms with Crippen LogP contribution in [0.25, 0.3) is 0 Å². The number of ether oxygens (including phenoxy) is 2. The molecule has 0 spiro atoms. The summed E-state index contributed by atoms with van der Waals surface area (Å²) in [7, 11) is 0. The Labute approximate surface area is 160 Å². The number of amides is 1. The lowest BCUT2D eigenvalue weighted by molar-refractivity contribution is -0.118. The van der Waals surface area contributed by atoms with Crippen LogP contribution in [0.5, 0.6) is 11.5 Å². The minimum absolute atomic E-state index is 0.0652. The molecule has 0 atom stereocenters. The molecule has 140 valence electrons. The third kappa shape index (κ3) is 5.46. The van der Waals surface area contributed by atoms with Gasteiger partial charge in [-0.1, -0.05) is 23.7 Å². The molecule has 3 rings (SSSR count). The fourth-order valence-electron chi connectivity index (χ4n) is 2.28. The van der Waals surface area contributed by atoms with Crippen molar-refractivity contribution in [3.63, 3.8) is 0 Å². The maximum absolute atomic E-state index is 13.1. The first-order valence-electron chi connectivity index (χ1n) is 8.17. The summed E-state index contributed by atoms with van der Waals surface area (Å²) in [5.41, 5.74) is 0.536. The molecule has 1 N–H and O–H groups in total. The Morgan fingerprint density at radius 1 is 1.22 bits per heavy atom. The molecule has 1 aromatic heterocycles. The summed E-state index contributed by atoms with van der Waals surface area (Å²) < 4.78 is 26.1. The molecule has 3 aromatic rings. The van der Waals surface area contributed by atoms with E-state index in [1.165, 1.54) is 18.2 Å². The minimum Gasteiger partial charge on any atom is -0.490 e.